The van der Waals surface area contributed by atoms with Crippen LogP contribution in [0, 0.1) is 6.92 Å². The standard InChI is InChI=1S/C26H23N3O2S/c1-3-31-15-14-29-23-13-11-18-6-4-5-7-21(18)24(23)32-26(29)28-25(30)20-10-12-22-19(16-20)9-8-17(2)27-22/h4-13,16H,3,14-15H2,1-2H3. The van der Waals surface area contributed by atoms with Crippen molar-refractivity contribution in [1.82, 2.24) is 9.55 Å². The molecule has 0 spiro atoms. The Bertz CT molecular complexity index is 1530. The molecule has 2 aromatic heterocycles. The summed E-state index contributed by atoms with van der Waals surface area (Å²) in [4.78, 5) is 22.9. The molecule has 0 atom stereocenters. The van der Waals surface area contributed by atoms with Gasteiger partial charge in [-0.25, -0.2) is 0 Å². The Hall–Kier alpha value is -3.35. The highest BCUT2D eigenvalue weighted by Crippen LogP contribution is 2.27. The Labute approximate surface area is 189 Å². The first-order chi connectivity index (χ1) is 15.6. The first-order valence-corrected chi connectivity index (χ1v) is 11.5. The molecule has 0 radical (unpaired) electrons. The second-order valence-corrected chi connectivity index (χ2v) is 8.62. The first kappa shape index (κ1) is 20.5. The maximum absolute atomic E-state index is 13.1. The van der Waals surface area contributed by atoms with Crippen molar-refractivity contribution < 1.29 is 9.53 Å². The number of rotatable bonds is 5. The quantitative estimate of drug-likeness (QED) is 0.339. The normalized spacial score (nSPS) is 12.2. The average Bonchev–Trinajstić information content (AvgIpc) is 3.16. The summed E-state index contributed by atoms with van der Waals surface area (Å²) >= 11 is 1.55. The van der Waals surface area contributed by atoms with Gasteiger partial charge in [0.15, 0.2) is 4.80 Å². The van der Waals surface area contributed by atoms with Crippen LogP contribution in [0.2, 0.25) is 0 Å². The molecule has 0 aliphatic heterocycles. The Kier molecular flexibility index (Phi) is 5.55. The van der Waals surface area contributed by atoms with E-state index in [4.69, 9.17) is 4.74 Å². The Morgan fingerprint density at radius 1 is 1.06 bits per heavy atom. The molecule has 0 unspecified atom stereocenters. The molecular formula is C26H23N3O2S. The third-order valence-electron chi connectivity index (χ3n) is 5.51. The largest absolute Gasteiger partial charge is 0.380 e. The predicted molar refractivity (Wildman–Crippen MR) is 130 cm³/mol. The summed E-state index contributed by atoms with van der Waals surface area (Å²) in [7, 11) is 0. The fourth-order valence-corrected chi connectivity index (χ4v) is 5.10. The predicted octanol–water partition coefficient (Wildman–Crippen LogP) is 5.49. The van der Waals surface area contributed by atoms with Crippen LogP contribution >= 0.6 is 11.3 Å². The van der Waals surface area contributed by atoms with Crippen LogP contribution in [0.15, 0.2) is 71.7 Å². The molecule has 160 valence electrons. The Morgan fingerprint density at radius 3 is 2.78 bits per heavy atom. The summed E-state index contributed by atoms with van der Waals surface area (Å²) in [5.74, 6) is -0.256. The molecule has 32 heavy (non-hydrogen) atoms. The number of carbonyl (C=O) groups excluding carboxylic acids is 1. The number of amides is 1. The number of aromatic nitrogens is 2. The molecule has 0 fully saturated rings. The minimum absolute atomic E-state index is 0.256. The van der Waals surface area contributed by atoms with Crippen LogP contribution in [0.3, 0.4) is 0 Å². The van der Waals surface area contributed by atoms with Gasteiger partial charge in [-0.15, -0.1) is 0 Å². The van der Waals surface area contributed by atoms with Crippen LogP contribution in [-0.4, -0.2) is 28.7 Å². The number of benzene rings is 3. The molecular weight excluding hydrogens is 418 g/mol. The minimum atomic E-state index is -0.256. The van der Waals surface area contributed by atoms with Crippen LogP contribution < -0.4 is 4.80 Å². The zero-order valence-electron chi connectivity index (χ0n) is 18.0. The number of hydrogen-bond donors (Lipinski definition) is 0. The maximum atomic E-state index is 13.1. The van der Waals surface area contributed by atoms with Crippen molar-refractivity contribution >= 4 is 49.1 Å². The van der Waals surface area contributed by atoms with Crippen molar-refractivity contribution in [2.45, 2.75) is 20.4 Å². The minimum Gasteiger partial charge on any atom is -0.380 e. The molecule has 0 N–H and O–H groups in total. The third kappa shape index (κ3) is 3.83. The summed E-state index contributed by atoms with van der Waals surface area (Å²) in [5, 5.41) is 3.28. The Balaban J connectivity index is 1.64. The van der Waals surface area contributed by atoms with Gasteiger partial charge in [-0.05, 0) is 49.6 Å². The van der Waals surface area contributed by atoms with Gasteiger partial charge in [0, 0.05) is 35.2 Å². The lowest BCUT2D eigenvalue weighted by Crippen LogP contribution is -2.19. The average molecular weight is 442 g/mol. The highest BCUT2D eigenvalue weighted by Gasteiger charge is 2.12. The Morgan fingerprint density at radius 2 is 1.91 bits per heavy atom. The van der Waals surface area contributed by atoms with Gasteiger partial charge < -0.3 is 9.30 Å². The van der Waals surface area contributed by atoms with E-state index in [1.54, 1.807) is 17.4 Å². The van der Waals surface area contributed by atoms with E-state index in [2.05, 4.69) is 38.8 Å². The van der Waals surface area contributed by atoms with Crippen LogP contribution in [-0.2, 0) is 11.3 Å². The van der Waals surface area contributed by atoms with Crippen molar-refractivity contribution in [3.05, 3.63) is 82.8 Å². The number of thiazole rings is 1. The van der Waals surface area contributed by atoms with E-state index in [9.17, 15) is 4.79 Å². The molecule has 1 amide bonds. The maximum Gasteiger partial charge on any atom is 0.279 e. The summed E-state index contributed by atoms with van der Waals surface area (Å²) < 4.78 is 8.81. The molecule has 2 heterocycles. The molecule has 0 aliphatic carbocycles. The van der Waals surface area contributed by atoms with Gasteiger partial charge in [-0.3, -0.25) is 9.78 Å². The molecule has 5 rings (SSSR count). The van der Waals surface area contributed by atoms with Crippen molar-refractivity contribution in [2.75, 3.05) is 13.2 Å². The van der Waals surface area contributed by atoms with Gasteiger partial charge in [-0.2, -0.15) is 4.99 Å². The number of pyridine rings is 1. The molecule has 6 heteroatoms. The number of carbonyl (C=O) groups is 1. The highest BCUT2D eigenvalue weighted by molar-refractivity contribution is 7.17. The second kappa shape index (κ2) is 8.65. The van der Waals surface area contributed by atoms with E-state index in [1.807, 2.05) is 50.2 Å². The van der Waals surface area contributed by atoms with Crippen LogP contribution in [0.1, 0.15) is 23.0 Å². The lowest BCUT2D eigenvalue weighted by Gasteiger charge is -2.06. The van der Waals surface area contributed by atoms with Gasteiger partial charge in [0.2, 0.25) is 0 Å². The van der Waals surface area contributed by atoms with Crippen molar-refractivity contribution in [1.29, 1.82) is 0 Å². The molecule has 0 bridgehead atoms. The second-order valence-electron chi connectivity index (χ2n) is 7.65. The van der Waals surface area contributed by atoms with Crippen molar-refractivity contribution in [3.63, 3.8) is 0 Å². The van der Waals surface area contributed by atoms with E-state index in [0.717, 1.165) is 26.8 Å². The fraction of sp³-hybridized carbons (Fsp3) is 0.192. The zero-order valence-corrected chi connectivity index (χ0v) is 18.9. The van der Waals surface area contributed by atoms with Crippen LogP contribution in [0.25, 0.3) is 31.9 Å². The van der Waals surface area contributed by atoms with E-state index in [1.165, 1.54) is 10.8 Å². The molecule has 3 aromatic carbocycles. The fourth-order valence-electron chi connectivity index (χ4n) is 3.91. The van der Waals surface area contributed by atoms with Crippen molar-refractivity contribution in [3.8, 4) is 0 Å². The van der Waals surface area contributed by atoms with Gasteiger partial charge in [0.25, 0.3) is 5.91 Å². The smallest absolute Gasteiger partial charge is 0.279 e. The third-order valence-corrected chi connectivity index (χ3v) is 6.64. The number of hydrogen-bond acceptors (Lipinski definition) is 4. The molecule has 0 saturated carbocycles. The SMILES string of the molecule is CCOCCn1c(=NC(=O)c2ccc3nc(C)ccc3c2)sc2c3ccccc3ccc21. The van der Waals surface area contributed by atoms with E-state index in [-0.39, 0.29) is 5.91 Å². The van der Waals surface area contributed by atoms with Crippen LogP contribution in [0.5, 0.6) is 0 Å². The number of nitrogens with zero attached hydrogens (tertiary/aromatic N) is 3. The summed E-state index contributed by atoms with van der Waals surface area (Å²) in [6.07, 6.45) is 0. The zero-order chi connectivity index (χ0) is 22.1. The highest BCUT2D eigenvalue weighted by atomic mass is 32.1. The van der Waals surface area contributed by atoms with E-state index < -0.39 is 0 Å². The van der Waals surface area contributed by atoms with Gasteiger partial charge in [0.05, 0.1) is 22.3 Å². The molecule has 5 aromatic rings. The first-order valence-electron chi connectivity index (χ1n) is 10.7. The van der Waals surface area contributed by atoms with Gasteiger partial charge in [0.1, 0.15) is 0 Å². The van der Waals surface area contributed by atoms with Crippen molar-refractivity contribution in [2.24, 2.45) is 4.99 Å². The number of ether oxygens (including phenoxy) is 1. The number of aryl methyl sites for hydroxylation is 1. The number of fused-ring (bicyclic) bond motifs is 4. The molecule has 5 nitrogen and oxygen atoms in total. The topological polar surface area (TPSA) is 56.5 Å². The van der Waals surface area contributed by atoms with E-state index in [0.29, 0.717) is 30.1 Å². The van der Waals surface area contributed by atoms with Gasteiger partial charge >= 0.3 is 0 Å². The van der Waals surface area contributed by atoms with E-state index >= 15 is 0 Å². The van der Waals surface area contributed by atoms with Gasteiger partial charge in [-0.1, -0.05) is 47.7 Å². The molecule has 0 saturated heterocycles. The summed E-state index contributed by atoms with van der Waals surface area (Å²) in [5.41, 5.74) is 3.45. The monoisotopic (exact) mass is 441 g/mol. The summed E-state index contributed by atoms with van der Waals surface area (Å²) in [6, 6.07) is 22.0. The van der Waals surface area contributed by atoms with Crippen LogP contribution in [0.4, 0.5) is 0 Å². The lowest BCUT2D eigenvalue weighted by atomic mass is 10.1. The molecule has 0 aliphatic rings. The lowest BCUT2D eigenvalue weighted by molar-refractivity contribution is 0.0997. The summed E-state index contributed by atoms with van der Waals surface area (Å²) in [6.45, 7) is 5.80.